The van der Waals surface area contributed by atoms with Crippen LogP contribution >= 0.6 is 0 Å². The van der Waals surface area contributed by atoms with Crippen LogP contribution in [-0.2, 0) is 16.1 Å². The molecule has 190 valence electrons. The molecular weight excluding hydrogens is 471 g/mol. The molecule has 3 heterocycles. The summed E-state index contributed by atoms with van der Waals surface area (Å²) < 4.78 is 46.0. The highest BCUT2D eigenvalue weighted by molar-refractivity contribution is 5.97. The fraction of sp³-hybridized carbons (Fsp3) is 0.545. The summed E-state index contributed by atoms with van der Waals surface area (Å²) in [6.45, 7) is 3.06. The number of aromatic nitrogens is 3. The topological polar surface area (TPSA) is 118 Å². The summed E-state index contributed by atoms with van der Waals surface area (Å²) in [7, 11) is 0. The highest BCUT2D eigenvalue weighted by Crippen LogP contribution is 2.26. The third kappa shape index (κ3) is 5.19. The Morgan fingerprint density at radius 1 is 1.34 bits per heavy atom. The van der Waals surface area contributed by atoms with Crippen molar-refractivity contribution in [2.24, 2.45) is 5.92 Å². The molecule has 35 heavy (non-hydrogen) atoms. The first-order chi connectivity index (χ1) is 16.5. The van der Waals surface area contributed by atoms with Crippen LogP contribution in [0, 0.1) is 5.92 Å². The van der Waals surface area contributed by atoms with Crippen LogP contribution in [0.3, 0.4) is 0 Å². The first kappa shape index (κ1) is 24.8. The number of halogens is 3. The van der Waals surface area contributed by atoms with Crippen LogP contribution in [0.2, 0.25) is 0 Å². The molecule has 2 aromatic heterocycles. The number of carbonyl (C=O) groups excluding carboxylic acids is 2. The average molecular weight is 497 g/mol. The molecular formula is C22H26F3N5O5. The van der Waals surface area contributed by atoms with Crippen molar-refractivity contribution in [3.8, 4) is 5.88 Å². The van der Waals surface area contributed by atoms with E-state index in [2.05, 4.69) is 10.4 Å². The van der Waals surface area contributed by atoms with Gasteiger partial charge in [0, 0.05) is 30.8 Å². The highest BCUT2D eigenvalue weighted by atomic mass is 19.4. The summed E-state index contributed by atoms with van der Waals surface area (Å²) in [5, 5.41) is 17.5. The van der Waals surface area contributed by atoms with E-state index in [9.17, 15) is 32.7 Å². The lowest BCUT2D eigenvalue weighted by Crippen LogP contribution is -2.50. The molecule has 13 heteroatoms. The van der Waals surface area contributed by atoms with Crippen LogP contribution < -0.4 is 10.9 Å². The molecule has 2 amide bonds. The normalized spacial score (nSPS) is 19.1. The van der Waals surface area contributed by atoms with Crippen LogP contribution in [-0.4, -0.2) is 74.0 Å². The van der Waals surface area contributed by atoms with Gasteiger partial charge in [-0.15, -0.1) is 0 Å². The molecule has 2 aliphatic rings. The van der Waals surface area contributed by atoms with E-state index in [0.717, 1.165) is 28.3 Å². The minimum absolute atomic E-state index is 0.00280. The number of morpholine rings is 1. The third-order valence-electron chi connectivity index (χ3n) is 5.75. The van der Waals surface area contributed by atoms with Crippen molar-refractivity contribution in [1.82, 2.24) is 24.4 Å². The number of hydrogen-bond acceptors (Lipinski definition) is 6. The van der Waals surface area contributed by atoms with Gasteiger partial charge in [0.15, 0.2) is 11.7 Å². The SMILES string of the molecule is CC(C)Cn1c(=O)c(C(=O)NC2CC2)c(O)n2ncc(/C=C/C(=O)N3CCO[C@@H](C(F)(F)F)C3)c12. The summed E-state index contributed by atoms with van der Waals surface area (Å²) in [6, 6.07) is -0.0326. The lowest BCUT2D eigenvalue weighted by Gasteiger charge is -2.33. The Labute approximate surface area is 198 Å². The second kappa shape index (κ2) is 9.36. The quantitative estimate of drug-likeness (QED) is 0.585. The predicted octanol–water partition coefficient (Wildman–Crippen LogP) is 1.55. The van der Waals surface area contributed by atoms with Gasteiger partial charge in [-0.3, -0.25) is 19.0 Å². The standard InChI is InChI=1S/C22H26F3N5O5/c1-12(2)10-29-19-13(3-6-16(31)28-7-8-35-15(11-28)22(23,24)25)9-26-30(19)21(34)17(20(29)33)18(32)27-14-4-5-14/h3,6,9,12,14-15,34H,4-5,7-8,10-11H2,1-2H3,(H,27,32)/b6-3+/t15-/m1/s1. The highest BCUT2D eigenvalue weighted by Gasteiger charge is 2.44. The molecule has 0 unspecified atom stereocenters. The van der Waals surface area contributed by atoms with Crippen molar-refractivity contribution >= 4 is 23.5 Å². The van der Waals surface area contributed by atoms with Crippen molar-refractivity contribution in [2.75, 3.05) is 19.7 Å². The van der Waals surface area contributed by atoms with Crippen molar-refractivity contribution in [2.45, 2.75) is 51.6 Å². The fourth-order valence-electron chi connectivity index (χ4n) is 3.86. The van der Waals surface area contributed by atoms with Crippen molar-refractivity contribution in [1.29, 1.82) is 0 Å². The molecule has 1 aliphatic heterocycles. The molecule has 0 radical (unpaired) electrons. The zero-order valence-corrected chi connectivity index (χ0v) is 19.2. The Kier molecular flexibility index (Phi) is 6.62. The largest absolute Gasteiger partial charge is 0.492 e. The number of rotatable bonds is 6. The molecule has 1 saturated carbocycles. The van der Waals surface area contributed by atoms with Crippen molar-refractivity contribution in [3.63, 3.8) is 0 Å². The van der Waals surface area contributed by atoms with E-state index in [1.54, 1.807) is 0 Å². The molecule has 10 nitrogen and oxygen atoms in total. The Bertz CT molecular complexity index is 1230. The van der Waals surface area contributed by atoms with Gasteiger partial charge in [0.25, 0.3) is 11.5 Å². The van der Waals surface area contributed by atoms with E-state index in [-0.39, 0.29) is 42.9 Å². The van der Waals surface area contributed by atoms with Crippen LogP contribution in [0.5, 0.6) is 5.88 Å². The molecule has 1 atom stereocenters. The summed E-state index contributed by atoms with van der Waals surface area (Å²) in [5.41, 5.74) is -0.694. The molecule has 1 aliphatic carbocycles. The van der Waals surface area contributed by atoms with Gasteiger partial charge in [-0.05, 0) is 24.8 Å². The first-order valence-corrected chi connectivity index (χ1v) is 11.3. The second-order valence-electron chi connectivity index (χ2n) is 9.11. The lowest BCUT2D eigenvalue weighted by atomic mass is 10.2. The summed E-state index contributed by atoms with van der Waals surface area (Å²) in [4.78, 5) is 39.5. The number of carbonyl (C=O) groups is 2. The third-order valence-corrected chi connectivity index (χ3v) is 5.75. The minimum Gasteiger partial charge on any atom is -0.492 e. The average Bonchev–Trinajstić information content (AvgIpc) is 3.49. The van der Waals surface area contributed by atoms with Crippen LogP contribution in [0.1, 0.15) is 42.6 Å². The molecule has 0 spiro atoms. The number of nitrogens with zero attached hydrogens (tertiary/aromatic N) is 4. The van der Waals surface area contributed by atoms with Crippen LogP contribution in [0.4, 0.5) is 13.2 Å². The van der Waals surface area contributed by atoms with E-state index in [1.807, 2.05) is 13.8 Å². The Hall–Kier alpha value is -3.35. The van der Waals surface area contributed by atoms with Gasteiger partial charge in [0.1, 0.15) is 5.65 Å². The maximum atomic E-state index is 13.2. The number of alkyl halides is 3. The molecule has 2 aromatic rings. The van der Waals surface area contributed by atoms with Crippen LogP contribution in [0.25, 0.3) is 11.7 Å². The van der Waals surface area contributed by atoms with Crippen molar-refractivity contribution < 1.29 is 32.6 Å². The zero-order valence-electron chi connectivity index (χ0n) is 19.2. The summed E-state index contributed by atoms with van der Waals surface area (Å²) in [6.07, 6.45) is -1.33. The number of amides is 2. The van der Waals surface area contributed by atoms with Gasteiger partial charge in [-0.1, -0.05) is 13.8 Å². The molecule has 0 bridgehead atoms. The number of fused-ring (bicyclic) bond motifs is 1. The zero-order chi connectivity index (χ0) is 25.5. The van der Waals surface area contributed by atoms with Gasteiger partial charge >= 0.3 is 6.18 Å². The van der Waals surface area contributed by atoms with Crippen LogP contribution in [0.15, 0.2) is 17.1 Å². The Balaban J connectivity index is 1.68. The molecule has 2 fully saturated rings. The molecule has 4 rings (SSSR count). The van der Waals surface area contributed by atoms with Gasteiger partial charge in [-0.2, -0.15) is 22.8 Å². The Morgan fingerprint density at radius 2 is 2.06 bits per heavy atom. The van der Waals surface area contributed by atoms with E-state index in [0.29, 0.717) is 0 Å². The van der Waals surface area contributed by atoms with E-state index in [4.69, 9.17) is 4.74 Å². The predicted molar refractivity (Wildman–Crippen MR) is 118 cm³/mol. The number of aromatic hydroxyl groups is 1. The van der Waals surface area contributed by atoms with Gasteiger partial charge in [-0.25, -0.2) is 0 Å². The Morgan fingerprint density at radius 3 is 2.69 bits per heavy atom. The molecule has 2 N–H and O–H groups in total. The number of nitrogens with one attached hydrogen (secondary N) is 1. The van der Waals surface area contributed by atoms with Gasteiger partial charge in [0.2, 0.25) is 11.8 Å². The molecule has 1 saturated heterocycles. The lowest BCUT2D eigenvalue weighted by molar-refractivity contribution is -0.235. The molecule has 0 aromatic carbocycles. The number of hydrogen-bond donors (Lipinski definition) is 2. The minimum atomic E-state index is -4.58. The van der Waals surface area contributed by atoms with Gasteiger partial charge in [0.05, 0.1) is 19.3 Å². The fourth-order valence-corrected chi connectivity index (χ4v) is 3.86. The van der Waals surface area contributed by atoms with E-state index < -0.39 is 47.6 Å². The second-order valence-corrected chi connectivity index (χ2v) is 9.11. The van der Waals surface area contributed by atoms with Crippen molar-refractivity contribution in [3.05, 3.63) is 33.8 Å². The summed E-state index contributed by atoms with van der Waals surface area (Å²) >= 11 is 0. The monoisotopic (exact) mass is 497 g/mol. The summed E-state index contributed by atoms with van der Waals surface area (Å²) in [5.74, 6) is -2.00. The van der Waals surface area contributed by atoms with E-state index >= 15 is 0 Å². The number of ether oxygens (including phenoxy) is 1. The van der Waals surface area contributed by atoms with E-state index in [1.165, 1.54) is 16.8 Å². The smallest absolute Gasteiger partial charge is 0.416 e. The maximum Gasteiger partial charge on any atom is 0.416 e. The maximum absolute atomic E-state index is 13.2. The van der Waals surface area contributed by atoms with Gasteiger partial charge < -0.3 is 20.1 Å². The first-order valence-electron chi connectivity index (χ1n) is 11.3.